The van der Waals surface area contributed by atoms with Crippen molar-refractivity contribution in [2.45, 2.75) is 13.1 Å². The van der Waals surface area contributed by atoms with Crippen molar-refractivity contribution in [3.8, 4) is 23.0 Å². The summed E-state index contributed by atoms with van der Waals surface area (Å²) in [4.78, 5) is 4.65. The van der Waals surface area contributed by atoms with Crippen molar-refractivity contribution in [2.24, 2.45) is 0 Å². The lowest BCUT2D eigenvalue weighted by Gasteiger charge is -2.10. The molecule has 28 heavy (non-hydrogen) atoms. The maximum atomic E-state index is 5.74. The molecular weight excluding hydrogens is 352 g/mol. The number of nitrogens with one attached hydrogen (secondary N) is 1. The van der Waals surface area contributed by atoms with Gasteiger partial charge in [0, 0.05) is 30.3 Å². The first-order chi connectivity index (χ1) is 13.8. The molecule has 0 aliphatic carbocycles. The van der Waals surface area contributed by atoms with Crippen LogP contribution >= 0.6 is 0 Å². The second kappa shape index (κ2) is 8.15. The van der Waals surface area contributed by atoms with Gasteiger partial charge >= 0.3 is 0 Å². The molecule has 4 rings (SSSR count). The van der Waals surface area contributed by atoms with E-state index < -0.39 is 0 Å². The molecule has 0 fully saturated rings. The Morgan fingerprint density at radius 3 is 2.64 bits per heavy atom. The summed E-state index contributed by atoms with van der Waals surface area (Å²) in [7, 11) is 3.30. The van der Waals surface area contributed by atoms with Crippen LogP contribution in [0.4, 0.5) is 0 Å². The van der Waals surface area contributed by atoms with E-state index in [-0.39, 0.29) is 0 Å². The van der Waals surface area contributed by atoms with Crippen LogP contribution < -0.4 is 14.8 Å². The first-order valence-electron chi connectivity index (χ1n) is 9.12. The van der Waals surface area contributed by atoms with Crippen molar-refractivity contribution >= 4 is 10.8 Å². The third-order valence-electron chi connectivity index (χ3n) is 4.69. The molecule has 5 nitrogen and oxygen atoms in total. The van der Waals surface area contributed by atoms with E-state index in [2.05, 4.69) is 28.5 Å². The fourth-order valence-corrected chi connectivity index (χ4v) is 3.25. The van der Waals surface area contributed by atoms with Crippen LogP contribution in [0.1, 0.15) is 11.3 Å². The zero-order valence-corrected chi connectivity index (χ0v) is 15.9. The lowest BCUT2D eigenvalue weighted by molar-refractivity contribution is 0.389. The van der Waals surface area contributed by atoms with Crippen LogP contribution in [0.15, 0.2) is 71.3 Å². The van der Waals surface area contributed by atoms with Crippen LogP contribution in [0.25, 0.3) is 22.2 Å². The molecule has 0 bridgehead atoms. The lowest BCUT2D eigenvalue weighted by atomic mass is 10.0. The molecule has 1 N–H and O–H groups in total. The molecule has 1 aromatic heterocycles. The van der Waals surface area contributed by atoms with E-state index in [4.69, 9.17) is 13.9 Å². The molecule has 142 valence electrons. The second-order valence-electron chi connectivity index (χ2n) is 6.45. The molecule has 3 aromatic carbocycles. The molecule has 4 aromatic rings. The quantitative estimate of drug-likeness (QED) is 0.503. The number of rotatable bonds is 7. The minimum Gasteiger partial charge on any atom is -0.497 e. The van der Waals surface area contributed by atoms with Crippen LogP contribution in [0.5, 0.6) is 11.5 Å². The predicted molar refractivity (Wildman–Crippen MR) is 110 cm³/mol. The number of hydrogen-bond acceptors (Lipinski definition) is 5. The summed E-state index contributed by atoms with van der Waals surface area (Å²) in [6, 6.07) is 20.2. The summed E-state index contributed by atoms with van der Waals surface area (Å²) in [5, 5.41) is 5.69. The van der Waals surface area contributed by atoms with Gasteiger partial charge in [-0.25, -0.2) is 4.98 Å². The summed E-state index contributed by atoms with van der Waals surface area (Å²) in [5.41, 5.74) is 2.91. The first kappa shape index (κ1) is 18.1. The summed E-state index contributed by atoms with van der Waals surface area (Å²) in [5.74, 6) is 2.20. The fraction of sp³-hybridized carbons (Fsp3) is 0.174. The van der Waals surface area contributed by atoms with Crippen molar-refractivity contribution in [1.82, 2.24) is 10.3 Å². The van der Waals surface area contributed by atoms with Crippen molar-refractivity contribution in [1.29, 1.82) is 0 Å². The summed E-state index contributed by atoms with van der Waals surface area (Å²) in [6.45, 7) is 1.26. The third kappa shape index (κ3) is 3.70. The van der Waals surface area contributed by atoms with Gasteiger partial charge in [0.15, 0.2) is 0 Å². The number of aromatic nitrogens is 1. The van der Waals surface area contributed by atoms with Crippen LogP contribution in [0.3, 0.4) is 0 Å². The third-order valence-corrected chi connectivity index (χ3v) is 4.69. The van der Waals surface area contributed by atoms with Crippen LogP contribution in [-0.2, 0) is 13.1 Å². The zero-order valence-electron chi connectivity index (χ0n) is 15.9. The standard InChI is InChI=1S/C23H22N2O3/c1-26-19-11-10-17(22(12-19)27-2)13-24-14-18-15-28-23(25-18)21-9-5-7-16-6-3-4-8-20(16)21/h3-12,15,24H,13-14H2,1-2H3. The van der Waals surface area contributed by atoms with Crippen LogP contribution in [-0.4, -0.2) is 19.2 Å². The number of fused-ring (bicyclic) bond motifs is 1. The molecular formula is C23H22N2O3. The highest BCUT2D eigenvalue weighted by atomic mass is 16.5. The van der Waals surface area contributed by atoms with Crippen molar-refractivity contribution in [3.05, 3.63) is 78.2 Å². The molecule has 0 radical (unpaired) electrons. The average Bonchev–Trinajstić information content (AvgIpc) is 3.22. The monoisotopic (exact) mass is 374 g/mol. The predicted octanol–water partition coefficient (Wildman–Crippen LogP) is 4.80. The van der Waals surface area contributed by atoms with Gasteiger partial charge in [-0.05, 0) is 22.9 Å². The van der Waals surface area contributed by atoms with Crippen LogP contribution in [0.2, 0.25) is 0 Å². The number of hydrogen-bond donors (Lipinski definition) is 1. The van der Waals surface area contributed by atoms with E-state index in [0.29, 0.717) is 19.0 Å². The highest BCUT2D eigenvalue weighted by molar-refractivity contribution is 5.94. The summed E-state index contributed by atoms with van der Waals surface area (Å²) in [6.07, 6.45) is 1.70. The van der Waals surface area contributed by atoms with Gasteiger partial charge in [0.2, 0.25) is 5.89 Å². The topological polar surface area (TPSA) is 56.5 Å². The average molecular weight is 374 g/mol. The van der Waals surface area contributed by atoms with E-state index in [1.54, 1.807) is 20.5 Å². The van der Waals surface area contributed by atoms with E-state index >= 15 is 0 Å². The smallest absolute Gasteiger partial charge is 0.226 e. The Morgan fingerprint density at radius 2 is 1.79 bits per heavy atom. The maximum Gasteiger partial charge on any atom is 0.226 e. The van der Waals surface area contributed by atoms with E-state index in [1.807, 2.05) is 42.5 Å². The molecule has 0 saturated carbocycles. The largest absolute Gasteiger partial charge is 0.497 e. The fourth-order valence-electron chi connectivity index (χ4n) is 3.25. The Hall–Kier alpha value is -3.31. The molecule has 0 aliphatic rings. The van der Waals surface area contributed by atoms with Gasteiger partial charge in [-0.2, -0.15) is 0 Å². The lowest BCUT2D eigenvalue weighted by Crippen LogP contribution is -2.13. The minimum atomic E-state index is 0.601. The molecule has 0 aliphatic heterocycles. The number of oxazole rings is 1. The van der Waals surface area contributed by atoms with Gasteiger partial charge in [0.05, 0.1) is 19.9 Å². The summed E-state index contributed by atoms with van der Waals surface area (Å²) >= 11 is 0. The van der Waals surface area contributed by atoms with Gasteiger partial charge < -0.3 is 19.2 Å². The molecule has 0 spiro atoms. The summed E-state index contributed by atoms with van der Waals surface area (Å²) < 4.78 is 16.4. The highest BCUT2D eigenvalue weighted by Gasteiger charge is 2.10. The van der Waals surface area contributed by atoms with E-state index in [1.165, 1.54) is 5.39 Å². The van der Waals surface area contributed by atoms with Crippen molar-refractivity contribution < 1.29 is 13.9 Å². The maximum absolute atomic E-state index is 5.74. The normalized spacial score (nSPS) is 10.9. The Labute approximate surface area is 163 Å². The van der Waals surface area contributed by atoms with Gasteiger partial charge in [-0.3, -0.25) is 0 Å². The van der Waals surface area contributed by atoms with Gasteiger partial charge in [0.25, 0.3) is 0 Å². The van der Waals surface area contributed by atoms with E-state index in [9.17, 15) is 0 Å². The van der Waals surface area contributed by atoms with Gasteiger partial charge in [-0.15, -0.1) is 0 Å². The Morgan fingerprint density at radius 1 is 0.929 bits per heavy atom. The Balaban J connectivity index is 1.46. The first-order valence-corrected chi connectivity index (χ1v) is 9.12. The van der Waals surface area contributed by atoms with Crippen molar-refractivity contribution in [2.75, 3.05) is 14.2 Å². The Bertz CT molecular complexity index is 1080. The minimum absolute atomic E-state index is 0.601. The number of methoxy groups -OCH3 is 2. The molecule has 0 atom stereocenters. The number of benzene rings is 3. The van der Waals surface area contributed by atoms with Crippen molar-refractivity contribution in [3.63, 3.8) is 0 Å². The Kier molecular flexibility index (Phi) is 5.26. The highest BCUT2D eigenvalue weighted by Crippen LogP contribution is 2.28. The number of ether oxygens (including phenoxy) is 2. The van der Waals surface area contributed by atoms with E-state index in [0.717, 1.165) is 33.7 Å². The zero-order chi connectivity index (χ0) is 19.3. The van der Waals surface area contributed by atoms with Crippen LogP contribution in [0, 0.1) is 0 Å². The SMILES string of the molecule is COc1ccc(CNCc2coc(-c3cccc4ccccc34)n2)c(OC)c1. The number of nitrogens with zero attached hydrogens (tertiary/aromatic N) is 1. The molecule has 5 heteroatoms. The molecule has 0 unspecified atom stereocenters. The molecule has 1 heterocycles. The second-order valence-corrected chi connectivity index (χ2v) is 6.45. The molecule has 0 amide bonds. The molecule has 0 saturated heterocycles. The van der Waals surface area contributed by atoms with Gasteiger partial charge in [-0.1, -0.05) is 42.5 Å². The van der Waals surface area contributed by atoms with Gasteiger partial charge in [0.1, 0.15) is 17.8 Å².